The Morgan fingerprint density at radius 2 is 2.00 bits per heavy atom. The minimum atomic E-state index is -0.0765. The first kappa shape index (κ1) is 25.2. The van der Waals surface area contributed by atoms with Crippen molar-refractivity contribution in [3.63, 3.8) is 0 Å². The van der Waals surface area contributed by atoms with E-state index in [9.17, 15) is 4.79 Å². The van der Waals surface area contributed by atoms with E-state index in [0.717, 1.165) is 44.5 Å². The molecule has 0 bridgehead atoms. The number of nitrogens with zero attached hydrogens (tertiary/aromatic N) is 4. The van der Waals surface area contributed by atoms with Crippen LogP contribution >= 0.6 is 11.6 Å². The standard InChI is InChI=1S/C29H29ClN4O2/c1-6-8-26(33(4)5)23-14-20(3)32-29-22(23)9-7-10-27(29)36-18-24-21(15-31-16-25(24)30)17-34-12-11-19(2)13-28(34)35/h6-16H,1,17-18H2,2-5H3/b26-8-. The van der Waals surface area contributed by atoms with Crippen LogP contribution in [-0.4, -0.2) is 33.5 Å². The summed E-state index contributed by atoms with van der Waals surface area (Å²) in [6.07, 6.45) is 8.86. The first-order valence-corrected chi connectivity index (χ1v) is 12.0. The topological polar surface area (TPSA) is 60.3 Å². The van der Waals surface area contributed by atoms with Gasteiger partial charge in [0.2, 0.25) is 0 Å². The van der Waals surface area contributed by atoms with Gasteiger partial charge in [0.15, 0.2) is 0 Å². The molecule has 0 fully saturated rings. The maximum atomic E-state index is 12.4. The molecule has 0 radical (unpaired) electrons. The lowest BCUT2D eigenvalue weighted by molar-refractivity contribution is 0.307. The van der Waals surface area contributed by atoms with Crippen LogP contribution in [0.4, 0.5) is 0 Å². The molecule has 0 amide bonds. The van der Waals surface area contributed by atoms with Gasteiger partial charge in [-0.05, 0) is 49.2 Å². The number of ether oxygens (including phenoxy) is 1. The highest BCUT2D eigenvalue weighted by Crippen LogP contribution is 2.32. The number of aryl methyl sites for hydroxylation is 2. The normalized spacial score (nSPS) is 11.5. The fourth-order valence-electron chi connectivity index (χ4n) is 4.14. The summed E-state index contributed by atoms with van der Waals surface area (Å²) >= 11 is 6.54. The molecule has 36 heavy (non-hydrogen) atoms. The Kier molecular flexibility index (Phi) is 7.55. The molecule has 0 saturated carbocycles. The highest BCUT2D eigenvalue weighted by molar-refractivity contribution is 6.31. The largest absolute Gasteiger partial charge is 0.487 e. The van der Waals surface area contributed by atoms with Crippen molar-refractivity contribution >= 4 is 28.2 Å². The van der Waals surface area contributed by atoms with Crippen molar-refractivity contribution < 1.29 is 4.74 Å². The molecule has 184 valence electrons. The number of halogens is 1. The van der Waals surface area contributed by atoms with Crippen LogP contribution in [-0.2, 0) is 13.2 Å². The van der Waals surface area contributed by atoms with Gasteiger partial charge < -0.3 is 14.2 Å². The number of allylic oxidation sites excluding steroid dienone is 2. The SMILES string of the molecule is C=C/C=C(/c1cc(C)nc2c(OCc3c(Cl)cncc3Cn3ccc(C)cc3=O)cccc12)N(C)C. The summed E-state index contributed by atoms with van der Waals surface area (Å²) in [5.74, 6) is 0.653. The van der Waals surface area contributed by atoms with Crippen LogP contribution in [0.1, 0.15) is 27.9 Å². The predicted molar refractivity (Wildman–Crippen MR) is 146 cm³/mol. The van der Waals surface area contributed by atoms with Crippen molar-refractivity contribution in [1.82, 2.24) is 19.4 Å². The summed E-state index contributed by atoms with van der Waals surface area (Å²) in [6, 6.07) is 11.5. The van der Waals surface area contributed by atoms with E-state index in [1.54, 1.807) is 35.3 Å². The molecule has 1 aromatic carbocycles. The molecule has 3 aromatic heterocycles. The number of para-hydroxylation sites is 1. The van der Waals surface area contributed by atoms with Gasteiger partial charge >= 0.3 is 0 Å². The Balaban J connectivity index is 1.71. The molecular formula is C29H29ClN4O2. The van der Waals surface area contributed by atoms with Crippen LogP contribution in [0.25, 0.3) is 16.6 Å². The number of pyridine rings is 3. The molecule has 0 aliphatic rings. The molecule has 0 atom stereocenters. The minimum absolute atomic E-state index is 0.0765. The van der Waals surface area contributed by atoms with Crippen molar-refractivity contribution in [1.29, 1.82) is 0 Å². The Hall–Kier alpha value is -3.90. The molecule has 3 heterocycles. The van der Waals surface area contributed by atoms with E-state index in [-0.39, 0.29) is 12.2 Å². The van der Waals surface area contributed by atoms with Gasteiger partial charge in [-0.15, -0.1) is 0 Å². The maximum Gasteiger partial charge on any atom is 0.251 e. The van der Waals surface area contributed by atoms with Gasteiger partial charge in [0.05, 0.1) is 11.6 Å². The second-order valence-electron chi connectivity index (χ2n) is 8.86. The number of aromatic nitrogens is 3. The van der Waals surface area contributed by atoms with Gasteiger partial charge in [0.1, 0.15) is 17.9 Å². The van der Waals surface area contributed by atoms with Gasteiger partial charge in [-0.25, -0.2) is 4.98 Å². The Bertz CT molecular complexity index is 1520. The number of benzene rings is 1. The molecule has 7 heteroatoms. The molecule has 0 spiro atoms. The van der Waals surface area contributed by atoms with Crippen LogP contribution in [0.15, 0.2) is 78.5 Å². The summed E-state index contributed by atoms with van der Waals surface area (Å²) in [4.78, 5) is 23.5. The third-order valence-corrected chi connectivity index (χ3v) is 6.25. The average Bonchev–Trinajstić information content (AvgIpc) is 2.83. The van der Waals surface area contributed by atoms with Crippen LogP contribution in [0.5, 0.6) is 5.75 Å². The first-order valence-electron chi connectivity index (χ1n) is 11.6. The monoisotopic (exact) mass is 500 g/mol. The molecule has 0 unspecified atom stereocenters. The van der Waals surface area contributed by atoms with E-state index >= 15 is 0 Å². The minimum Gasteiger partial charge on any atom is -0.487 e. The van der Waals surface area contributed by atoms with Crippen LogP contribution < -0.4 is 10.3 Å². The zero-order valence-corrected chi connectivity index (χ0v) is 21.7. The van der Waals surface area contributed by atoms with Gasteiger partial charge in [-0.1, -0.05) is 36.4 Å². The molecule has 0 saturated heterocycles. The zero-order chi connectivity index (χ0) is 25.8. The van der Waals surface area contributed by atoms with E-state index in [4.69, 9.17) is 21.3 Å². The van der Waals surface area contributed by atoms with Crippen molar-refractivity contribution in [3.05, 3.63) is 117 Å². The summed E-state index contributed by atoms with van der Waals surface area (Å²) in [7, 11) is 4.01. The zero-order valence-electron chi connectivity index (χ0n) is 21.0. The van der Waals surface area contributed by atoms with Crippen LogP contribution in [0, 0.1) is 13.8 Å². The van der Waals surface area contributed by atoms with Crippen molar-refractivity contribution in [2.75, 3.05) is 14.1 Å². The van der Waals surface area contributed by atoms with Crippen molar-refractivity contribution in [3.8, 4) is 5.75 Å². The number of fused-ring (bicyclic) bond motifs is 1. The lowest BCUT2D eigenvalue weighted by atomic mass is 10.0. The highest BCUT2D eigenvalue weighted by Gasteiger charge is 2.15. The highest BCUT2D eigenvalue weighted by atomic mass is 35.5. The van der Waals surface area contributed by atoms with E-state index in [2.05, 4.69) is 22.5 Å². The van der Waals surface area contributed by atoms with Gasteiger partial charge in [-0.3, -0.25) is 9.78 Å². The van der Waals surface area contributed by atoms with E-state index in [1.807, 2.05) is 58.3 Å². The number of rotatable bonds is 8. The number of hydrogen-bond donors (Lipinski definition) is 0. The Morgan fingerprint density at radius 1 is 1.19 bits per heavy atom. The quantitative estimate of drug-likeness (QED) is 0.287. The third-order valence-electron chi connectivity index (χ3n) is 5.92. The lowest BCUT2D eigenvalue weighted by Crippen LogP contribution is -2.20. The molecule has 4 rings (SSSR count). The van der Waals surface area contributed by atoms with Gasteiger partial charge in [0.25, 0.3) is 5.56 Å². The third kappa shape index (κ3) is 5.34. The molecule has 6 nitrogen and oxygen atoms in total. The van der Waals surface area contributed by atoms with Gasteiger partial charge in [0, 0.05) is 66.7 Å². The first-order chi connectivity index (χ1) is 17.3. The fourth-order valence-corrected chi connectivity index (χ4v) is 4.37. The fraction of sp³-hybridized carbons (Fsp3) is 0.207. The molecule has 0 aliphatic heterocycles. The molecule has 0 N–H and O–H groups in total. The average molecular weight is 501 g/mol. The second kappa shape index (κ2) is 10.8. The van der Waals surface area contributed by atoms with Crippen molar-refractivity contribution in [2.24, 2.45) is 0 Å². The smallest absolute Gasteiger partial charge is 0.251 e. The second-order valence-corrected chi connectivity index (χ2v) is 9.27. The molecular weight excluding hydrogens is 472 g/mol. The van der Waals surface area contributed by atoms with Crippen LogP contribution in [0.3, 0.4) is 0 Å². The van der Waals surface area contributed by atoms with E-state index < -0.39 is 0 Å². The predicted octanol–water partition coefficient (Wildman–Crippen LogP) is 5.78. The summed E-state index contributed by atoms with van der Waals surface area (Å²) in [6.45, 7) is 8.29. The van der Waals surface area contributed by atoms with Gasteiger partial charge in [-0.2, -0.15) is 0 Å². The Morgan fingerprint density at radius 3 is 2.72 bits per heavy atom. The van der Waals surface area contributed by atoms with E-state index in [0.29, 0.717) is 17.3 Å². The summed E-state index contributed by atoms with van der Waals surface area (Å²) in [5, 5.41) is 1.47. The summed E-state index contributed by atoms with van der Waals surface area (Å²) in [5.41, 5.74) is 6.18. The number of hydrogen-bond acceptors (Lipinski definition) is 5. The van der Waals surface area contributed by atoms with E-state index in [1.165, 1.54) is 0 Å². The van der Waals surface area contributed by atoms with Crippen LogP contribution in [0.2, 0.25) is 5.02 Å². The Labute approximate surface area is 216 Å². The molecule has 4 aromatic rings. The summed E-state index contributed by atoms with van der Waals surface area (Å²) < 4.78 is 7.94. The van der Waals surface area contributed by atoms with Crippen molar-refractivity contribution in [2.45, 2.75) is 27.0 Å². The lowest BCUT2D eigenvalue weighted by Gasteiger charge is -2.20. The molecule has 0 aliphatic carbocycles. The maximum absolute atomic E-state index is 12.4.